The zero-order valence-electron chi connectivity index (χ0n) is 12.3. The number of carbonyl (C=O) groups excluding carboxylic acids is 1. The minimum absolute atomic E-state index is 0.109. The van der Waals surface area contributed by atoms with E-state index in [1.54, 1.807) is 6.92 Å². The molecule has 104 valence electrons. The van der Waals surface area contributed by atoms with Crippen LogP contribution in [0.25, 0.3) is 11.1 Å². The van der Waals surface area contributed by atoms with Gasteiger partial charge in [0.1, 0.15) is 5.75 Å². The van der Waals surface area contributed by atoms with Crippen LogP contribution in [0.15, 0.2) is 42.5 Å². The largest absolute Gasteiger partial charge is 0.494 e. The Balaban J connectivity index is 2.23. The van der Waals surface area contributed by atoms with Crippen LogP contribution in [0.2, 0.25) is 0 Å². The first-order valence-electron chi connectivity index (χ1n) is 6.96. The second kappa shape index (κ2) is 6.38. The summed E-state index contributed by atoms with van der Waals surface area (Å²) in [7, 11) is 0. The Bertz CT molecular complexity index is 597. The lowest BCUT2D eigenvalue weighted by atomic mass is 9.98. The smallest absolute Gasteiger partial charge is 0.160 e. The van der Waals surface area contributed by atoms with Crippen LogP contribution in [0.4, 0.5) is 0 Å². The van der Waals surface area contributed by atoms with E-state index < -0.39 is 0 Å². The zero-order chi connectivity index (χ0) is 14.5. The van der Waals surface area contributed by atoms with Crippen LogP contribution in [0, 0.1) is 6.92 Å². The number of ether oxygens (including phenoxy) is 1. The molecule has 0 aromatic heterocycles. The number of ketones is 1. The van der Waals surface area contributed by atoms with Crippen LogP contribution in [0.5, 0.6) is 5.75 Å². The van der Waals surface area contributed by atoms with Crippen molar-refractivity contribution in [2.24, 2.45) is 0 Å². The van der Waals surface area contributed by atoms with Crippen molar-refractivity contribution in [2.45, 2.75) is 27.2 Å². The van der Waals surface area contributed by atoms with Gasteiger partial charge in [0.05, 0.1) is 6.61 Å². The van der Waals surface area contributed by atoms with Crippen molar-refractivity contribution in [3.05, 3.63) is 53.6 Å². The minimum atomic E-state index is 0.109. The fourth-order valence-electron chi connectivity index (χ4n) is 2.20. The molecule has 2 heteroatoms. The van der Waals surface area contributed by atoms with Gasteiger partial charge in [-0.2, -0.15) is 0 Å². The van der Waals surface area contributed by atoms with E-state index in [9.17, 15) is 4.79 Å². The SMILES string of the molecule is CCCOc1ccc(-c2ccc(C(C)=O)c(C)c2)cc1. The van der Waals surface area contributed by atoms with E-state index in [1.165, 1.54) is 0 Å². The zero-order valence-corrected chi connectivity index (χ0v) is 12.3. The maximum absolute atomic E-state index is 11.4. The van der Waals surface area contributed by atoms with Crippen LogP contribution >= 0.6 is 0 Å². The van der Waals surface area contributed by atoms with Gasteiger partial charge in [-0.1, -0.05) is 37.3 Å². The number of hydrogen-bond donors (Lipinski definition) is 0. The molecule has 0 bridgehead atoms. The summed E-state index contributed by atoms with van der Waals surface area (Å²) < 4.78 is 5.58. The topological polar surface area (TPSA) is 26.3 Å². The third kappa shape index (κ3) is 3.27. The summed E-state index contributed by atoms with van der Waals surface area (Å²) in [4.78, 5) is 11.4. The van der Waals surface area contributed by atoms with Gasteiger partial charge >= 0.3 is 0 Å². The summed E-state index contributed by atoms with van der Waals surface area (Å²) in [6, 6.07) is 14.0. The number of rotatable bonds is 5. The Labute approximate surface area is 120 Å². The molecule has 20 heavy (non-hydrogen) atoms. The van der Waals surface area contributed by atoms with E-state index in [-0.39, 0.29) is 5.78 Å². The van der Waals surface area contributed by atoms with Crippen molar-refractivity contribution in [3.8, 4) is 16.9 Å². The highest BCUT2D eigenvalue weighted by Gasteiger charge is 2.06. The van der Waals surface area contributed by atoms with Gasteiger partial charge in [-0.05, 0) is 49.1 Å². The van der Waals surface area contributed by atoms with Crippen LogP contribution in [-0.2, 0) is 0 Å². The molecule has 0 heterocycles. The minimum Gasteiger partial charge on any atom is -0.494 e. The molecule has 0 atom stereocenters. The van der Waals surface area contributed by atoms with Gasteiger partial charge in [0.15, 0.2) is 5.78 Å². The first-order chi connectivity index (χ1) is 9.61. The lowest BCUT2D eigenvalue weighted by Gasteiger charge is -2.08. The summed E-state index contributed by atoms with van der Waals surface area (Å²) in [6.45, 7) is 6.40. The Morgan fingerprint density at radius 3 is 2.25 bits per heavy atom. The molecule has 2 rings (SSSR count). The van der Waals surface area contributed by atoms with Crippen LogP contribution in [-0.4, -0.2) is 12.4 Å². The first kappa shape index (κ1) is 14.3. The lowest BCUT2D eigenvalue weighted by molar-refractivity contribution is 0.101. The molecule has 0 saturated heterocycles. The predicted octanol–water partition coefficient (Wildman–Crippen LogP) is 4.65. The molecule has 2 aromatic rings. The van der Waals surface area contributed by atoms with Crippen LogP contribution in [0.3, 0.4) is 0 Å². The Morgan fingerprint density at radius 2 is 1.70 bits per heavy atom. The standard InChI is InChI=1S/C18H20O2/c1-4-11-20-17-8-5-15(6-9-17)16-7-10-18(14(3)19)13(2)12-16/h5-10,12H,4,11H2,1-3H3. The summed E-state index contributed by atoms with van der Waals surface area (Å²) in [5.41, 5.74) is 4.06. The Hall–Kier alpha value is -2.09. The van der Waals surface area contributed by atoms with Gasteiger partial charge in [0.25, 0.3) is 0 Å². The van der Waals surface area contributed by atoms with E-state index in [0.717, 1.165) is 41.0 Å². The summed E-state index contributed by atoms with van der Waals surface area (Å²) in [5, 5.41) is 0. The fraction of sp³-hybridized carbons (Fsp3) is 0.278. The van der Waals surface area contributed by atoms with Gasteiger partial charge in [0, 0.05) is 5.56 Å². The van der Waals surface area contributed by atoms with Crippen molar-refractivity contribution in [2.75, 3.05) is 6.61 Å². The van der Waals surface area contributed by atoms with Gasteiger partial charge in [-0.3, -0.25) is 4.79 Å². The second-order valence-corrected chi connectivity index (χ2v) is 4.96. The molecular weight excluding hydrogens is 248 g/mol. The average Bonchev–Trinajstić information content (AvgIpc) is 2.45. The maximum atomic E-state index is 11.4. The average molecular weight is 268 g/mol. The molecule has 0 radical (unpaired) electrons. The second-order valence-electron chi connectivity index (χ2n) is 4.96. The van der Waals surface area contributed by atoms with Gasteiger partial charge in [0.2, 0.25) is 0 Å². The van der Waals surface area contributed by atoms with Gasteiger partial charge in [-0.15, -0.1) is 0 Å². The highest BCUT2D eigenvalue weighted by Crippen LogP contribution is 2.25. The van der Waals surface area contributed by atoms with Crippen molar-refractivity contribution < 1.29 is 9.53 Å². The summed E-state index contributed by atoms with van der Waals surface area (Å²) in [5.74, 6) is 1.00. The molecule has 2 aromatic carbocycles. The normalized spacial score (nSPS) is 10.3. The van der Waals surface area contributed by atoms with Crippen molar-refractivity contribution in [1.82, 2.24) is 0 Å². The number of aryl methyl sites for hydroxylation is 1. The highest BCUT2D eigenvalue weighted by molar-refractivity contribution is 5.96. The molecule has 0 saturated carbocycles. The molecule has 2 nitrogen and oxygen atoms in total. The van der Waals surface area contributed by atoms with E-state index in [1.807, 2.05) is 43.3 Å². The maximum Gasteiger partial charge on any atom is 0.160 e. The molecule has 0 spiro atoms. The fourth-order valence-corrected chi connectivity index (χ4v) is 2.20. The quantitative estimate of drug-likeness (QED) is 0.738. The Kier molecular flexibility index (Phi) is 4.57. The number of benzene rings is 2. The molecule has 0 unspecified atom stereocenters. The molecule has 0 amide bonds. The highest BCUT2D eigenvalue weighted by atomic mass is 16.5. The monoisotopic (exact) mass is 268 g/mol. The van der Waals surface area contributed by atoms with Crippen molar-refractivity contribution >= 4 is 5.78 Å². The van der Waals surface area contributed by atoms with Crippen molar-refractivity contribution in [3.63, 3.8) is 0 Å². The predicted molar refractivity (Wildman–Crippen MR) is 82.4 cm³/mol. The number of carbonyl (C=O) groups is 1. The van der Waals surface area contributed by atoms with Crippen LogP contribution in [0.1, 0.15) is 36.2 Å². The third-order valence-corrected chi connectivity index (χ3v) is 3.27. The molecule has 0 N–H and O–H groups in total. The molecule has 0 aliphatic rings. The summed E-state index contributed by atoms with van der Waals surface area (Å²) >= 11 is 0. The van der Waals surface area contributed by atoms with E-state index in [2.05, 4.69) is 13.0 Å². The Morgan fingerprint density at radius 1 is 1.05 bits per heavy atom. The summed E-state index contributed by atoms with van der Waals surface area (Å²) in [6.07, 6.45) is 1.01. The van der Waals surface area contributed by atoms with Crippen molar-refractivity contribution in [1.29, 1.82) is 0 Å². The molecular formula is C18H20O2. The first-order valence-corrected chi connectivity index (χ1v) is 6.96. The molecule has 0 fully saturated rings. The van der Waals surface area contributed by atoms with Gasteiger partial charge in [-0.25, -0.2) is 0 Å². The van der Waals surface area contributed by atoms with E-state index in [4.69, 9.17) is 4.74 Å². The van der Waals surface area contributed by atoms with Crippen LogP contribution < -0.4 is 4.74 Å². The third-order valence-electron chi connectivity index (χ3n) is 3.27. The molecule has 0 aliphatic carbocycles. The van der Waals surface area contributed by atoms with Gasteiger partial charge < -0.3 is 4.74 Å². The number of Topliss-reactive ketones (excluding diaryl/α,β-unsaturated/α-hetero) is 1. The van der Waals surface area contributed by atoms with E-state index in [0.29, 0.717) is 0 Å². The van der Waals surface area contributed by atoms with E-state index >= 15 is 0 Å². The number of hydrogen-bond acceptors (Lipinski definition) is 2. The lowest BCUT2D eigenvalue weighted by Crippen LogP contribution is -1.96. The molecule has 0 aliphatic heterocycles.